The third-order valence-corrected chi connectivity index (χ3v) is 4.03. The molecule has 0 N–H and O–H groups in total. The van der Waals surface area contributed by atoms with E-state index in [2.05, 4.69) is 13.8 Å². The zero-order valence-electron chi connectivity index (χ0n) is 12.2. The van der Waals surface area contributed by atoms with E-state index < -0.39 is 0 Å². The molecule has 0 aromatic heterocycles. The van der Waals surface area contributed by atoms with E-state index >= 15 is 0 Å². The minimum Gasteiger partial charge on any atom is -0.370 e. The van der Waals surface area contributed by atoms with Crippen molar-refractivity contribution in [3.8, 4) is 0 Å². The molecule has 2 nitrogen and oxygen atoms in total. The Hall–Kier alpha value is -1.15. The molecule has 0 aliphatic heterocycles. The van der Waals surface area contributed by atoms with Gasteiger partial charge in [-0.3, -0.25) is 4.79 Å². The monoisotopic (exact) mass is 260 g/mol. The van der Waals surface area contributed by atoms with Crippen LogP contribution in [0.2, 0.25) is 0 Å². The van der Waals surface area contributed by atoms with Crippen LogP contribution in [0.4, 0.5) is 0 Å². The van der Waals surface area contributed by atoms with Gasteiger partial charge in [-0.15, -0.1) is 0 Å². The highest BCUT2D eigenvalue weighted by Gasteiger charge is 2.25. The average molecular weight is 260 g/mol. The number of carbonyl (C=O) groups excluding carboxylic acids is 1. The number of ether oxygens (including phenoxy) is 1. The number of hydrogen-bond acceptors (Lipinski definition) is 2. The minimum atomic E-state index is 0.101. The molecule has 1 aliphatic rings. The molecule has 2 rings (SSSR count). The van der Waals surface area contributed by atoms with Crippen LogP contribution >= 0.6 is 0 Å². The molecule has 1 saturated carbocycles. The third-order valence-electron chi connectivity index (χ3n) is 4.03. The van der Waals surface area contributed by atoms with Crippen LogP contribution in [0.3, 0.4) is 0 Å². The largest absolute Gasteiger partial charge is 0.370 e. The van der Waals surface area contributed by atoms with Crippen molar-refractivity contribution >= 4 is 5.78 Å². The number of benzene rings is 1. The molecular formula is C17H24O2. The second-order valence-corrected chi connectivity index (χ2v) is 6.09. The lowest BCUT2D eigenvalue weighted by atomic mass is 9.82. The maximum atomic E-state index is 12.1. The predicted octanol–water partition coefficient (Wildman–Crippen LogP) is 4.02. The summed E-state index contributed by atoms with van der Waals surface area (Å²) in [6.07, 6.45) is 3.72. The summed E-state index contributed by atoms with van der Waals surface area (Å²) in [4.78, 5) is 12.1. The molecule has 2 atom stereocenters. The Kier molecular flexibility index (Phi) is 4.76. The molecule has 0 amide bonds. The molecule has 19 heavy (non-hydrogen) atoms. The second-order valence-electron chi connectivity index (χ2n) is 6.09. The normalized spacial score (nSPS) is 27.2. The Labute approximate surface area is 116 Å². The standard InChI is InChI=1S/C17H24O2/c1-12-8-13(2)10-15(9-12)19-11-17(18)16-7-5-4-6-14(16)3/h4-7,12-13,15H,8-11H2,1-3H3. The number of rotatable bonds is 4. The van der Waals surface area contributed by atoms with E-state index in [-0.39, 0.29) is 18.5 Å². The van der Waals surface area contributed by atoms with Gasteiger partial charge >= 0.3 is 0 Å². The van der Waals surface area contributed by atoms with Crippen molar-refractivity contribution in [1.82, 2.24) is 0 Å². The zero-order valence-corrected chi connectivity index (χ0v) is 12.2. The molecule has 0 radical (unpaired) electrons. The van der Waals surface area contributed by atoms with Crippen LogP contribution in [0.1, 0.15) is 49.0 Å². The van der Waals surface area contributed by atoms with E-state index in [1.807, 2.05) is 31.2 Å². The van der Waals surface area contributed by atoms with Crippen LogP contribution in [-0.4, -0.2) is 18.5 Å². The van der Waals surface area contributed by atoms with Crippen LogP contribution in [0.5, 0.6) is 0 Å². The third kappa shape index (κ3) is 3.90. The molecule has 0 bridgehead atoms. The maximum absolute atomic E-state index is 12.1. The molecule has 0 heterocycles. The fourth-order valence-electron chi connectivity index (χ4n) is 3.17. The highest BCUT2D eigenvalue weighted by molar-refractivity contribution is 5.98. The molecular weight excluding hydrogens is 236 g/mol. The first-order valence-corrected chi connectivity index (χ1v) is 7.26. The molecule has 1 aromatic carbocycles. The summed E-state index contributed by atoms with van der Waals surface area (Å²) in [6.45, 7) is 6.73. The van der Waals surface area contributed by atoms with Gasteiger partial charge in [0.05, 0.1) is 6.10 Å². The number of aryl methyl sites for hydroxylation is 1. The molecule has 2 unspecified atom stereocenters. The smallest absolute Gasteiger partial charge is 0.188 e. The van der Waals surface area contributed by atoms with Gasteiger partial charge in [0.2, 0.25) is 0 Å². The summed E-state index contributed by atoms with van der Waals surface area (Å²) in [5.74, 6) is 1.52. The Bertz CT molecular complexity index is 429. The number of Topliss-reactive ketones (excluding diaryl/α,β-unsaturated/α-hetero) is 1. The van der Waals surface area contributed by atoms with Gasteiger partial charge in [0.1, 0.15) is 6.61 Å². The molecule has 2 heteroatoms. The lowest BCUT2D eigenvalue weighted by Gasteiger charge is -2.31. The van der Waals surface area contributed by atoms with Crippen molar-refractivity contribution < 1.29 is 9.53 Å². The Morgan fingerprint density at radius 3 is 2.42 bits per heavy atom. The van der Waals surface area contributed by atoms with Gasteiger partial charge in [0, 0.05) is 5.56 Å². The van der Waals surface area contributed by atoms with Gasteiger partial charge < -0.3 is 4.74 Å². The number of carbonyl (C=O) groups is 1. The fourth-order valence-corrected chi connectivity index (χ4v) is 3.17. The topological polar surface area (TPSA) is 26.3 Å². The van der Waals surface area contributed by atoms with Crippen molar-refractivity contribution in [2.75, 3.05) is 6.61 Å². The zero-order chi connectivity index (χ0) is 13.8. The fraction of sp³-hybridized carbons (Fsp3) is 0.588. The lowest BCUT2D eigenvalue weighted by Crippen LogP contribution is -2.28. The van der Waals surface area contributed by atoms with Crippen molar-refractivity contribution in [2.24, 2.45) is 11.8 Å². The Balaban J connectivity index is 1.89. The summed E-state index contributed by atoms with van der Waals surface area (Å²) in [7, 11) is 0. The Morgan fingerprint density at radius 2 is 1.79 bits per heavy atom. The Morgan fingerprint density at radius 1 is 1.16 bits per heavy atom. The van der Waals surface area contributed by atoms with E-state index in [1.54, 1.807) is 0 Å². The first-order chi connectivity index (χ1) is 9.06. The predicted molar refractivity (Wildman–Crippen MR) is 77.4 cm³/mol. The number of hydrogen-bond donors (Lipinski definition) is 0. The van der Waals surface area contributed by atoms with E-state index in [1.165, 1.54) is 6.42 Å². The van der Waals surface area contributed by atoms with Crippen LogP contribution in [0, 0.1) is 18.8 Å². The van der Waals surface area contributed by atoms with Gasteiger partial charge in [0.15, 0.2) is 5.78 Å². The van der Waals surface area contributed by atoms with Crippen LogP contribution < -0.4 is 0 Å². The van der Waals surface area contributed by atoms with E-state index in [0.717, 1.165) is 24.0 Å². The van der Waals surface area contributed by atoms with Crippen molar-refractivity contribution in [3.63, 3.8) is 0 Å². The highest BCUT2D eigenvalue weighted by atomic mass is 16.5. The highest BCUT2D eigenvalue weighted by Crippen LogP contribution is 2.30. The van der Waals surface area contributed by atoms with Crippen LogP contribution in [0.15, 0.2) is 24.3 Å². The quantitative estimate of drug-likeness (QED) is 0.764. The molecule has 1 fully saturated rings. The van der Waals surface area contributed by atoms with Gasteiger partial charge in [-0.05, 0) is 43.6 Å². The first kappa shape index (κ1) is 14.3. The van der Waals surface area contributed by atoms with Crippen molar-refractivity contribution in [2.45, 2.75) is 46.1 Å². The van der Waals surface area contributed by atoms with E-state index in [9.17, 15) is 4.79 Å². The van der Waals surface area contributed by atoms with Crippen LogP contribution in [-0.2, 0) is 4.74 Å². The summed E-state index contributed by atoms with van der Waals surface area (Å²) in [5.41, 5.74) is 1.82. The summed E-state index contributed by atoms with van der Waals surface area (Å²) in [6, 6.07) is 7.72. The summed E-state index contributed by atoms with van der Waals surface area (Å²) < 4.78 is 5.85. The maximum Gasteiger partial charge on any atom is 0.188 e. The average Bonchev–Trinajstić information content (AvgIpc) is 2.35. The summed E-state index contributed by atoms with van der Waals surface area (Å²) in [5, 5.41) is 0. The molecule has 104 valence electrons. The first-order valence-electron chi connectivity index (χ1n) is 7.26. The SMILES string of the molecule is Cc1ccccc1C(=O)COC1CC(C)CC(C)C1. The summed E-state index contributed by atoms with van der Waals surface area (Å²) >= 11 is 0. The van der Waals surface area contributed by atoms with E-state index in [4.69, 9.17) is 4.74 Å². The van der Waals surface area contributed by atoms with Crippen molar-refractivity contribution in [3.05, 3.63) is 35.4 Å². The van der Waals surface area contributed by atoms with Gasteiger partial charge in [-0.1, -0.05) is 38.1 Å². The number of ketones is 1. The molecule has 1 aromatic rings. The van der Waals surface area contributed by atoms with Gasteiger partial charge in [-0.25, -0.2) is 0 Å². The second kappa shape index (κ2) is 6.33. The van der Waals surface area contributed by atoms with Gasteiger partial charge in [-0.2, -0.15) is 0 Å². The van der Waals surface area contributed by atoms with Gasteiger partial charge in [0.25, 0.3) is 0 Å². The molecule has 0 saturated heterocycles. The molecule has 1 aliphatic carbocycles. The lowest BCUT2D eigenvalue weighted by molar-refractivity contribution is 0.00560. The molecule has 0 spiro atoms. The van der Waals surface area contributed by atoms with E-state index in [0.29, 0.717) is 11.8 Å². The van der Waals surface area contributed by atoms with Crippen LogP contribution in [0.25, 0.3) is 0 Å². The van der Waals surface area contributed by atoms with Crippen molar-refractivity contribution in [1.29, 1.82) is 0 Å². The minimum absolute atomic E-state index is 0.101.